The zero-order valence-corrected chi connectivity index (χ0v) is 18.3. The van der Waals surface area contributed by atoms with Crippen molar-refractivity contribution in [1.82, 2.24) is 30.0 Å². The Morgan fingerprint density at radius 2 is 1.75 bits per heavy atom. The van der Waals surface area contributed by atoms with Gasteiger partial charge in [-0.15, -0.1) is 10.2 Å². The van der Waals surface area contributed by atoms with E-state index < -0.39 is 0 Å². The zero-order valence-electron chi connectivity index (χ0n) is 18.3. The summed E-state index contributed by atoms with van der Waals surface area (Å²) >= 11 is 0. The molecule has 2 aliphatic heterocycles. The monoisotopic (exact) mass is 433 g/mol. The number of amides is 2. The van der Waals surface area contributed by atoms with Gasteiger partial charge < -0.3 is 14.8 Å². The van der Waals surface area contributed by atoms with Crippen molar-refractivity contribution >= 4 is 23.4 Å². The van der Waals surface area contributed by atoms with E-state index in [-0.39, 0.29) is 12.1 Å². The Hall–Kier alpha value is -3.53. The highest BCUT2D eigenvalue weighted by Crippen LogP contribution is 2.26. The van der Waals surface area contributed by atoms with Crippen molar-refractivity contribution in [3.63, 3.8) is 0 Å². The van der Waals surface area contributed by atoms with Gasteiger partial charge in [-0.1, -0.05) is 6.07 Å². The van der Waals surface area contributed by atoms with Crippen LogP contribution in [0.1, 0.15) is 19.9 Å². The van der Waals surface area contributed by atoms with Crippen molar-refractivity contribution in [3.8, 4) is 11.5 Å². The molecule has 0 radical (unpaired) electrons. The number of rotatable bonds is 5. The first-order chi connectivity index (χ1) is 15.6. The number of urea groups is 1. The summed E-state index contributed by atoms with van der Waals surface area (Å²) in [5, 5.41) is 11.6. The maximum Gasteiger partial charge on any atom is 0.331 e. The van der Waals surface area contributed by atoms with Gasteiger partial charge in [-0.3, -0.25) is 9.80 Å². The van der Waals surface area contributed by atoms with Crippen molar-refractivity contribution in [2.45, 2.75) is 19.9 Å². The van der Waals surface area contributed by atoms with Crippen molar-refractivity contribution < 1.29 is 4.79 Å². The topological polar surface area (TPSA) is 95.3 Å². The second kappa shape index (κ2) is 8.54. The molecule has 0 bridgehead atoms. The number of pyridine rings is 2. The molecule has 2 aliphatic rings. The highest BCUT2D eigenvalue weighted by atomic mass is 16.2. The second-order valence-electron chi connectivity index (χ2n) is 8.23. The summed E-state index contributed by atoms with van der Waals surface area (Å²) in [5.74, 6) is 1.95. The summed E-state index contributed by atoms with van der Waals surface area (Å²) in [6.07, 6.45) is 3.56. The van der Waals surface area contributed by atoms with E-state index >= 15 is 0 Å². The third-order valence-corrected chi connectivity index (χ3v) is 5.87. The van der Waals surface area contributed by atoms with Crippen LogP contribution in [0.15, 0.2) is 42.9 Å². The lowest BCUT2D eigenvalue weighted by atomic mass is 10.3. The molecule has 5 rings (SSSR count). The van der Waals surface area contributed by atoms with Crippen LogP contribution >= 0.6 is 0 Å². The molecule has 2 amide bonds. The molecule has 3 aromatic rings. The van der Waals surface area contributed by atoms with Crippen LogP contribution in [0.3, 0.4) is 0 Å². The molecule has 0 aromatic carbocycles. The number of nitrogens with one attached hydrogen (secondary N) is 1. The molecule has 0 aliphatic carbocycles. The smallest absolute Gasteiger partial charge is 0.331 e. The van der Waals surface area contributed by atoms with Crippen molar-refractivity contribution in [2.75, 3.05) is 54.0 Å². The first kappa shape index (κ1) is 20.4. The molecule has 10 heteroatoms. The summed E-state index contributed by atoms with van der Waals surface area (Å²) in [4.78, 5) is 28.2. The Morgan fingerprint density at radius 1 is 0.969 bits per heavy atom. The minimum absolute atomic E-state index is 0.123. The second-order valence-corrected chi connectivity index (χ2v) is 8.23. The Kier molecular flexibility index (Phi) is 5.44. The summed E-state index contributed by atoms with van der Waals surface area (Å²) in [5.41, 5.74) is 1.78. The largest absolute Gasteiger partial charge is 0.368 e. The van der Waals surface area contributed by atoms with E-state index in [1.54, 1.807) is 16.1 Å². The normalized spacial score (nSPS) is 17.0. The number of carbonyl (C=O) groups excluding carboxylic acids is 1. The molecule has 0 spiro atoms. The van der Waals surface area contributed by atoms with Crippen LogP contribution in [0.5, 0.6) is 0 Å². The first-order valence-corrected chi connectivity index (χ1v) is 11.0. The van der Waals surface area contributed by atoms with Gasteiger partial charge >= 0.3 is 6.03 Å². The number of aromatic nitrogens is 5. The molecule has 10 nitrogen and oxygen atoms in total. The van der Waals surface area contributed by atoms with Gasteiger partial charge in [0, 0.05) is 45.3 Å². The molecule has 2 saturated heterocycles. The van der Waals surface area contributed by atoms with E-state index in [1.807, 2.05) is 41.1 Å². The van der Waals surface area contributed by atoms with E-state index in [9.17, 15) is 4.79 Å². The lowest BCUT2D eigenvalue weighted by molar-refractivity contribution is 0.255. The highest BCUT2D eigenvalue weighted by molar-refractivity contribution is 6.05. The van der Waals surface area contributed by atoms with Crippen molar-refractivity contribution in [2.24, 2.45) is 0 Å². The SMILES string of the molecule is CC(C)n1cnnc1-c1cccc(N2CCN(c3ccc(N4CCNCC4)cn3)C2=O)n1. The van der Waals surface area contributed by atoms with Crippen LogP contribution in [0.2, 0.25) is 0 Å². The van der Waals surface area contributed by atoms with Crippen LogP contribution in [0.4, 0.5) is 22.1 Å². The predicted octanol–water partition coefficient (Wildman–Crippen LogP) is 2.17. The summed E-state index contributed by atoms with van der Waals surface area (Å²) in [6, 6.07) is 9.69. The standard InChI is InChI=1S/C22H27N9O/c1-16(2)31-15-25-27-21(31)18-4-3-5-20(26-18)30-13-12-29(22(30)32)19-7-6-17(14-24-19)28-10-8-23-9-11-28/h3-7,14-16,23H,8-13H2,1-2H3. The fraction of sp³-hybridized carbons (Fsp3) is 0.409. The van der Waals surface area contributed by atoms with Crippen molar-refractivity contribution in [3.05, 3.63) is 42.9 Å². The van der Waals surface area contributed by atoms with Gasteiger partial charge in [-0.2, -0.15) is 0 Å². The molecule has 3 aromatic heterocycles. The lowest BCUT2D eigenvalue weighted by Crippen LogP contribution is -2.43. The Labute approximate surface area is 186 Å². The minimum Gasteiger partial charge on any atom is -0.368 e. The fourth-order valence-corrected chi connectivity index (χ4v) is 4.11. The van der Waals surface area contributed by atoms with E-state index in [4.69, 9.17) is 4.98 Å². The molecule has 166 valence electrons. The molecular weight excluding hydrogens is 406 g/mol. The van der Waals surface area contributed by atoms with E-state index in [2.05, 4.69) is 39.2 Å². The average Bonchev–Trinajstić information content (AvgIpc) is 3.47. The number of anilines is 3. The third-order valence-electron chi connectivity index (χ3n) is 5.87. The molecule has 1 N–H and O–H groups in total. The van der Waals surface area contributed by atoms with Gasteiger partial charge in [0.05, 0.1) is 11.9 Å². The number of hydrogen-bond donors (Lipinski definition) is 1. The maximum absolute atomic E-state index is 13.2. The quantitative estimate of drug-likeness (QED) is 0.659. The molecular formula is C22H27N9O. The van der Waals surface area contributed by atoms with E-state index in [0.29, 0.717) is 36.2 Å². The Balaban J connectivity index is 1.34. The van der Waals surface area contributed by atoms with E-state index in [1.165, 1.54) is 0 Å². The summed E-state index contributed by atoms with van der Waals surface area (Å²) in [6.45, 7) is 9.12. The van der Waals surface area contributed by atoms with Gasteiger partial charge in [-0.05, 0) is 38.1 Å². The minimum atomic E-state index is -0.123. The number of hydrogen-bond acceptors (Lipinski definition) is 7. The zero-order chi connectivity index (χ0) is 22.1. The number of carbonyl (C=O) groups is 1. The number of piperazine rings is 1. The van der Waals surface area contributed by atoms with Crippen LogP contribution in [-0.4, -0.2) is 70.0 Å². The molecule has 0 saturated carbocycles. The predicted molar refractivity (Wildman–Crippen MR) is 123 cm³/mol. The molecule has 0 unspecified atom stereocenters. The van der Waals surface area contributed by atoms with Gasteiger partial charge in [0.1, 0.15) is 23.7 Å². The Morgan fingerprint density at radius 3 is 2.47 bits per heavy atom. The lowest BCUT2D eigenvalue weighted by Gasteiger charge is -2.29. The van der Waals surface area contributed by atoms with Gasteiger partial charge in [0.2, 0.25) is 0 Å². The summed E-state index contributed by atoms with van der Waals surface area (Å²) < 4.78 is 1.97. The highest BCUT2D eigenvalue weighted by Gasteiger charge is 2.32. The maximum atomic E-state index is 13.2. The molecule has 0 atom stereocenters. The van der Waals surface area contributed by atoms with Gasteiger partial charge in [0.15, 0.2) is 5.82 Å². The molecule has 2 fully saturated rings. The molecule has 32 heavy (non-hydrogen) atoms. The third kappa shape index (κ3) is 3.77. The van der Waals surface area contributed by atoms with E-state index in [0.717, 1.165) is 31.9 Å². The fourth-order valence-electron chi connectivity index (χ4n) is 4.11. The van der Waals surface area contributed by atoms with Crippen molar-refractivity contribution in [1.29, 1.82) is 0 Å². The summed E-state index contributed by atoms with van der Waals surface area (Å²) in [7, 11) is 0. The van der Waals surface area contributed by atoms with Crippen LogP contribution in [0.25, 0.3) is 11.5 Å². The Bertz CT molecular complexity index is 1090. The number of nitrogens with zero attached hydrogens (tertiary/aromatic N) is 8. The van der Waals surface area contributed by atoms with Gasteiger partial charge in [-0.25, -0.2) is 14.8 Å². The average molecular weight is 434 g/mol. The van der Waals surface area contributed by atoms with Crippen LogP contribution in [-0.2, 0) is 0 Å². The first-order valence-electron chi connectivity index (χ1n) is 11.0. The van der Waals surface area contributed by atoms with Crippen LogP contribution in [0, 0.1) is 0 Å². The molecule has 5 heterocycles. The van der Waals surface area contributed by atoms with Crippen LogP contribution < -0.4 is 20.0 Å². The van der Waals surface area contributed by atoms with Gasteiger partial charge in [0.25, 0.3) is 0 Å².